The van der Waals surface area contributed by atoms with E-state index in [9.17, 15) is 9.59 Å². The van der Waals surface area contributed by atoms with Crippen molar-refractivity contribution in [1.82, 2.24) is 0 Å². The second kappa shape index (κ2) is 5.73. The number of esters is 1. The van der Waals surface area contributed by atoms with Crippen molar-refractivity contribution in [1.29, 1.82) is 0 Å². The first kappa shape index (κ1) is 18.3. The topological polar surface area (TPSA) is 61.8 Å². The number of methoxy groups -OCH3 is 2. The van der Waals surface area contributed by atoms with Crippen molar-refractivity contribution < 1.29 is 23.8 Å². The van der Waals surface area contributed by atoms with Crippen LogP contribution < -0.4 is 9.47 Å². The van der Waals surface area contributed by atoms with Crippen molar-refractivity contribution in [2.24, 2.45) is 11.3 Å². The van der Waals surface area contributed by atoms with Crippen molar-refractivity contribution in [3.8, 4) is 11.5 Å². The highest BCUT2D eigenvalue weighted by Gasteiger charge is 2.70. The number of hydrogen-bond donors (Lipinski definition) is 0. The molecule has 0 amide bonds. The minimum Gasteiger partial charge on any atom is -0.493 e. The van der Waals surface area contributed by atoms with Crippen LogP contribution >= 0.6 is 0 Å². The summed E-state index contributed by atoms with van der Waals surface area (Å²) >= 11 is 0. The van der Waals surface area contributed by atoms with Crippen molar-refractivity contribution in [2.75, 3.05) is 14.2 Å². The molecule has 0 unspecified atom stereocenters. The van der Waals surface area contributed by atoms with Crippen LogP contribution in [-0.4, -0.2) is 32.1 Å². The molecular formula is C22H28O5. The second-order valence-electron chi connectivity index (χ2n) is 9.09. The Bertz CT molecular complexity index is 838. The van der Waals surface area contributed by atoms with E-state index < -0.39 is 11.5 Å². The molecule has 146 valence electrons. The predicted octanol–water partition coefficient (Wildman–Crippen LogP) is 4.01. The predicted molar refractivity (Wildman–Crippen MR) is 101 cm³/mol. The number of fused-ring (bicyclic) bond motifs is 1. The molecule has 1 heterocycles. The Hall–Kier alpha value is -2.04. The van der Waals surface area contributed by atoms with E-state index in [0.717, 1.165) is 18.4 Å². The van der Waals surface area contributed by atoms with Crippen molar-refractivity contribution in [3.05, 3.63) is 22.8 Å². The number of rotatable bonds is 3. The monoisotopic (exact) mass is 372 g/mol. The van der Waals surface area contributed by atoms with Gasteiger partial charge in [0, 0.05) is 22.6 Å². The maximum Gasteiger partial charge on any atom is 0.317 e. The molecule has 1 saturated carbocycles. The van der Waals surface area contributed by atoms with E-state index >= 15 is 0 Å². The van der Waals surface area contributed by atoms with Crippen LogP contribution in [0.25, 0.3) is 0 Å². The summed E-state index contributed by atoms with van der Waals surface area (Å²) in [5.74, 6) is 0.735. The van der Waals surface area contributed by atoms with Gasteiger partial charge in [-0.05, 0) is 30.2 Å². The first-order valence-electron chi connectivity index (χ1n) is 9.75. The second-order valence-corrected chi connectivity index (χ2v) is 9.09. The molecule has 2 aliphatic carbocycles. The van der Waals surface area contributed by atoms with E-state index in [1.165, 1.54) is 0 Å². The third-order valence-electron chi connectivity index (χ3n) is 6.93. The molecule has 27 heavy (non-hydrogen) atoms. The van der Waals surface area contributed by atoms with Gasteiger partial charge in [0.2, 0.25) is 5.78 Å². The van der Waals surface area contributed by atoms with Crippen molar-refractivity contribution >= 4 is 11.8 Å². The van der Waals surface area contributed by atoms with E-state index in [1.54, 1.807) is 14.2 Å². The van der Waals surface area contributed by atoms with Crippen molar-refractivity contribution in [3.63, 3.8) is 0 Å². The lowest BCUT2D eigenvalue weighted by Gasteiger charge is -2.50. The molecule has 1 aromatic rings. The van der Waals surface area contributed by atoms with Crippen LogP contribution in [0.4, 0.5) is 0 Å². The van der Waals surface area contributed by atoms with E-state index in [1.807, 2.05) is 6.07 Å². The summed E-state index contributed by atoms with van der Waals surface area (Å²) in [6.07, 6.45) is 1.87. The fourth-order valence-electron chi connectivity index (χ4n) is 5.86. The van der Waals surface area contributed by atoms with Gasteiger partial charge in [-0.2, -0.15) is 0 Å². The molecule has 2 bridgehead atoms. The zero-order valence-corrected chi connectivity index (χ0v) is 17.0. The summed E-state index contributed by atoms with van der Waals surface area (Å²) in [4.78, 5) is 26.7. The molecule has 5 nitrogen and oxygen atoms in total. The average molecular weight is 372 g/mol. The van der Waals surface area contributed by atoms with E-state index in [2.05, 4.69) is 27.7 Å². The van der Waals surface area contributed by atoms with Crippen LogP contribution in [0.3, 0.4) is 0 Å². The maximum atomic E-state index is 13.4. The summed E-state index contributed by atoms with van der Waals surface area (Å²) < 4.78 is 17.3. The normalized spacial score (nSPS) is 30.6. The number of benzene rings is 1. The molecule has 1 aliphatic heterocycles. The summed E-state index contributed by atoms with van der Waals surface area (Å²) in [6, 6.07) is 1.90. The Morgan fingerprint density at radius 1 is 1.11 bits per heavy atom. The van der Waals surface area contributed by atoms with E-state index in [0.29, 0.717) is 29.0 Å². The van der Waals surface area contributed by atoms with Gasteiger partial charge in [-0.3, -0.25) is 9.59 Å². The molecule has 3 atom stereocenters. The van der Waals surface area contributed by atoms with E-state index in [4.69, 9.17) is 14.2 Å². The van der Waals surface area contributed by atoms with Crippen molar-refractivity contribution in [2.45, 2.75) is 64.4 Å². The lowest BCUT2D eigenvalue weighted by atomic mass is 9.49. The SMILES string of the molecule is COc1c(C(C)C)cc2c(c1OC)[C@@]13CCCC(C)(C)[C@@H]1[C@H](OC3=O)C2=O. The average Bonchev–Trinajstić information content (AvgIpc) is 2.89. The quantitative estimate of drug-likeness (QED) is 0.750. The largest absolute Gasteiger partial charge is 0.493 e. The molecule has 0 radical (unpaired) electrons. The fraction of sp³-hybridized carbons (Fsp3) is 0.636. The van der Waals surface area contributed by atoms with E-state index in [-0.39, 0.29) is 29.0 Å². The Morgan fingerprint density at radius 2 is 1.78 bits per heavy atom. The Morgan fingerprint density at radius 3 is 2.37 bits per heavy atom. The molecule has 2 fully saturated rings. The molecule has 5 heteroatoms. The van der Waals surface area contributed by atoms with Gasteiger partial charge in [0.1, 0.15) is 5.41 Å². The minimum absolute atomic E-state index is 0.102. The van der Waals surface area contributed by atoms with Crippen LogP contribution in [0.1, 0.15) is 74.4 Å². The summed E-state index contributed by atoms with van der Waals surface area (Å²) in [7, 11) is 3.19. The van der Waals surface area contributed by atoms with Gasteiger partial charge in [-0.15, -0.1) is 0 Å². The molecule has 3 aliphatic rings. The smallest absolute Gasteiger partial charge is 0.317 e. The minimum atomic E-state index is -0.830. The zero-order chi connectivity index (χ0) is 19.7. The number of ether oxygens (including phenoxy) is 3. The van der Waals surface area contributed by atoms with Gasteiger partial charge in [-0.25, -0.2) is 0 Å². The number of hydrogen-bond acceptors (Lipinski definition) is 5. The standard InChI is InChI=1S/C22H28O5/c1-11(2)12-10-13-14(17(26-6)16(12)25-5)22-9-7-8-21(3,4)19(22)18(15(13)23)27-20(22)24/h10-11,18-19H,7-9H2,1-6H3/t18-,19+,22+/m1/s1. The summed E-state index contributed by atoms with van der Waals surface area (Å²) in [5, 5.41) is 0. The van der Waals surface area contributed by atoms with Gasteiger partial charge < -0.3 is 14.2 Å². The van der Waals surface area contributed by atoms with Crippen LogP contribution in [0.15, 0.2) is 6.07 Å². The molecular weight excluding hydrogens is 344 g/mol. The van der Waals surface area contributed by atoms with Crippen LogP contribution in [0, 0.1) is 11.3 Å². The highest BCUT2D eigenvalue weighted by Crippen LogP contribution is 2.64. The zero-order valence-electron chi connectivity index (χ0n) is 17.0. The molecule has 0 aromatic heterocycles. The van der Waals surface area contributed by atoms with Crippen LogP contribution in [0.5, 0.6) is 11.5 Å². The highest BCUT2D eigenvalue weighted by molar-refractivity contribution is 6.11. The highest BCUT2D eigenvalue weighted by atomic mass is 16.6. The fourth-order valence-corrected chi connectivity index (χ4v) is 5.86. The van der Waals surface area contributed by atoms with Crippen LogP contribution in [0.2, 0.25) is 0 Å². The molecule has 1 saturated heterocycles. The number of carbonyl (C=O) groups excluding carboxylic acids is 2. The lowest BCUT2D eigenvalue weighted by molar-refractivity contribution is -0.144. The number of carbonyl (C=O) groups is 2. The summed E-state index contributed by atoms with van der Waals surface area (Å²) in [6.45, 7) is 8.39. The molecule has 4 rings (SSSR count). The molecule has 0 spiro atoms. The molecule has 0 N–H and O–H groups in total. The maximum absolute atomic E-state index is 13.4. The number of Topliss-reactive ketones (excluding diaryl/α,β-unsaturated/α-hetero) is 1. The Kier molecular flexibility index (Phi) is 3.89. The Balaban J connectivity index is 2.11. The van der Waals surface area contributed by atoms with Gasteiger partial charge in [0.25, 0.3) is 0 Å². The number of ketones is 1. The lowest BCUT2D eigenvalue weighted by Crippen LogP contribution is -2.54. The third-order valence-corrected chi connectivity index (χ3v) is 6.93. The van der Waals surface area contributed by atoms with Gasteiger partial charge in [0.05, 0.1) is 14.2 Å². The first-order valence-corrected chi connectivity index (χ1v) is 9.75. The van der Waals surface area contributed by atoms with Gasteiger partial charge in [-0.1, -0.05) is 34.1 Å². The van der Waals surface area contributed by atoms with Crippen LogP contribution in [-0.2, 0) is 14.9 Å². The van der Waals surface area contributed by atoms with Gasteiger partial charge >= 0.3 is 5.97 Å². The van der Waals surface area contributed by atoms with Gasteiger partial charge in [0.15, 0.2) is 17.6 Å². The Labute approximate surface area is 160 Å². The molecule has 1 aromatic carbocycles. The third kappa shape index (κ3) is 2.11. The first-order chi connectivity index (χ1) is 12.7. The summed E-state index contributed by atoms with van der Waals surface area (Å²) in [5.41, 5.74) is 1.17.